The van der Waals surface area contributed by atoms with Gasteiger partial charge in [-0.1, -0.05) is 37.3 Å². The van der Waals surface area contributed by atoms with Crippen LogP contribution in [0.1, 0.15) is 80.8 Å². The molecule has 2 unspecified atom stereocenters. The van der Waals surface area contributed by atoms with E-state index >= 15 is 0 Å². The number of thiophene rings is 1. The zero-order chi connectivity index (χ0) is 29.0. The quantitative estimate of drug-likeness (QED) is 0.271. The zero-order valence-electron chi connectivity index (χ0n) is 23.4. The maximum atomic E-state index is 12.4. The average Bonchev–Trinajstić information content (AvgIpc) is 3.35. The van der Waals surface area contributed by atoms with Gasteiger partial charge in [-0.15, -0.1) is 11.3 Å². The number of rotatable bonds is 8. The number of primary amides is 1. The van der Waals surface area contributed by atoms with Crippen LogP contribution in [0.4, 0.5) is 15.6 Å². The van der Waals surface area contributed by atoms with Crippen molar-refractivity contribution in [2.45, 2.75) is 64.8 Å². The smallest absolute Gasteiger partial charge is 0.410 e. The van der Waals surface area contributed by atoms with E-state index in [1.54, 1.807) is 29.2 Å². The standard InChI is InChI=1S/C30H38N4O5S/c1-5-23(35)18-9-11-19(12-10-18)24-17-21(27(31)37)28(40-24)33-25-8-6-7-22(32-25)26(36)20-13-15-34(16-14-20)29(38)39-30(2,3)4/h6-12,17,20,23,26,35-36H,5,13-16H2,1-4H3,(H2,31,37)(H,32,33). The molecule has 214 valence electrons. The third kappa shape index (κ3) is 7.18. The van der Waals surface area contributed by atoms with Gasteiger partial charge in [0.2, 0.25) is 0 Å². The number of amides is 2. The van der Waals surface area contributed by atoms with Gasteiger partial charge >= 0.3 is 6.09 Å². The van der Waals surface area contributed by atoms with Crippen LogP contribution in [0.5, 0.6) is 0 Å². The molecule has 40 heavy (non-hydrogen) atoms. The van der Waals surface area contributed by atoms with Crippen LogP contribution in [0.2, 0.25) is 0 Å². The zero-order valence-corrected chi connectivity index (χ0v) is 24.2. The SMILES string of the molecule is CCC(O)c1ccc(-c2cc(C(N)=O)c(Nc3cccc(C(O)C4CCN(C(=O)OC(C)(C)C)CC4)n3)s2)cc1. The van der Waals surface area contributed by atoms with Gasteiger partial charge < -0.3 is 30.9 Å². The summed E-state index contributed by atoms with van der Waals surface area (Å²) in [6, 6.07) is 14.7. The lowest BCUT2D eigenvalue weighted by molar-refractivity contribution is 0.00716. The molecule has 0 bridgehead atoms. The number of hydrogen-bond donors (Lipinski definition) is 4. The Morgan fingerprint density at radius 2 is 1.82 bits per heavy atom. The average molecular weight is 567 g/mol. The minimum absolute atomic E-state index is 0.0508. The summed E-state index contributed by atoms with van der Waals surface area (Å²) in [5.41, 5.74) is 7.74. The fraction of sp³-hybridized carbons (Fsp3) is 0.433. The summed E-state index contributed by atoms with van der Waals surface area (Å²) in [6.45, 7) is 8.46. The third-order valence-corrected chi connectivity index (χ3v) is 8.02. The van der Waals surface area contributed by atoms with E-state index in [0.29, 0.717) is 54.4 Å². The number of aliphatic hydroxyl groups is 2. The summed E-state index contributed by atoms with van der Waals surface area (Å²) in [5, 5.41) is 25.0. The Hall–Kier alpha value is -3.47. The Bertz CT molecular complexity index is 1330. The monoisotopic (exact) mass is 566 g/mol. The number of piperidine rings is 1. The molecule has 1 saturated heterocycles. The fourth-order valence-electron chi connectivity index (χ4n) is 4.68. The minimum Gasteiger partial charge on any atom is -0.444 e. The van der Waals surface area contributed by atoms with Gasteiger partial charge in [-0.2, -0.15) is 0 Å². The molecule has 2 amide bonds. The van der Waals surface area contributed by atoms with E-state index in [-0.39, 0.29) is 12.0 Å². The summed E-state index contributed by atoms with van der Waals surface area (Å²) < 4.78 is 5.47. The van der Waals surface area contributed by atoms with Crippen molar-refractivity contribution >= 4 is 34.2 Å². The first-order chi connectivity index (χ1) is 18.9. The predicted molar refractivity (Wildman–Crippen MR) is 157 cm³/mol. The molecule has 5 N–H and O–H groups in total. The lowest BCUT2D eigenvalue weighted by Gasteiger charge is -2.35. The first kappa shape index (κ1) is 29.5. The molecule has 3 aromatic rings. The van der Waals surface area contributed by atoms with E-state index < -0.39 is 23.7 Å². The van der Waals surface area contributed by atoms with Gasteiger partial charge in [0.25, 0.3) is 5.91 Å². The van der Waals surface area contributed by atoms with Crippen LogP contribution in [0.15, 0.2) is 48.5 Å². The lowest BCUT2D eigenvalue weighted by atomic mass is 9.89. The van der Waals surface area contributed by atoms with Gasteiger partial charge in [0.05, 0.1) is 23.5 Å². The Kier molecular flexibility index (Phi) is 9.12. The fourth-order valence-corrected chi connectivity index (χ4v) is 5.76. The molecule has 1 aromatic carbocycles. The van der Waals surface area contributed by atoms with Crippen molar-refractivity contribution in [3.8, 4) is 10.4 Å². The normalized spacial score (nSPS) is 15.9. The van der Waals surface area contributed by atoms with Crippen molar-refractivity contribution < 1.29 is 24.5 Å². The molecule has 10 heteroatoms. The van der Waals surface area contributed by atoms with Crippen molar-refractivity contribution in [3.63, 3.8) is 0 Å². The second-order valence-corrected chi connectivity index (χ2v) is 12.1. The van der Waals surface area contributed by atoms with E-state index in [9.17, 15) is 19.8 Å². The second kappa shape index (κ2) is 12.4. The summed E-state index contributed by atoms with van der Waals surface area (Å²) in [4.78, 5) is 31.8. The van der Waals surface area contributed by atoms with Gasteiger partial charge in [0.1, 0.15) is 16.4 Å². The number of nitrogens with two attached hydrogens (primary N) is 1. The third-order valence-electron chi connectivity index (χ3n) is 6.92. The number of hydrogen-bond acceptors (Lipinski definition) is 8. The number of nitrogens with zero attached hydrogens (tertiary/aromatic N) is 2. The molecule has 2 atom stereocenters. The van der Waals surface area contributed by atoms with Gasteiger partial charge in [0.15, 0.2) is 0 Å². The van der Waals surface area contributed by atoms with E-state index in [0.717, 1.165) is 16.0 Å². The first-order valence-corrected chi connectivity index (χ1v) is 14.4. The van der Waals surface area contributed by atoms with Crippen molar-refractivity contribution in [2.24, 2.45) is 11.7 Å². The van der Waals surface area contributed by atoms with Crippen LogP contribution >= 0.6 is 11.3 Å². The Morgan fingerprint density at radius 1 is 1.15 bits per heavy atom. The second-order valence-electron chi connectivity index (χ2n) is 11.1. The minimum atomic E-state index is -0.797. The molecule has 9 nitrogen and oxygen atoms in total. The molecule has 1 fully saturated rings. The van der Waals surface area contributed by atoms with Crippen molar-refractivity contribution in [3.05, 3.63) is 65.4 Å². The maximum Gasteiger partial charge on any atom is 0.410 e. The highest BCUT2D eigenvalue weighted by atomic mass is 32.1. The topological polar surface area (TPSA) is 138 Å². The Balaban J connectivity index is 1.45. The van der Waals surface area contributed by atoms with Crippen LogP contribution in [0.25, 0.3) is 10.4 Å². The van der Waals surface area contributed by atoms with Crippen LogP contribution < -0.4 is 11.1 Å². The van der Waals surface area contributed by atoms with Gasteiger partial charge in [-0.25, -0.2) is 9.78 Å². The number of aliphatic hydroxyl groups excluding tert-OH is 2. The van der Waals surface area contributed by atoms with Crippen LogP contribution in [-0.2, 0) is 4.74 Å². The number of carbonyl (C=O) groups is 2. The molecule has 2 aromatic heterocycles. The largest absolute Gasteiger partial charge is 0.444 e. The van der Waals surface area contributed by atoms with Gasteiger partial charge in [-0.3, -0.25) is 4.79 Å². The number of nitrogens with one attached hydrogen (secondary N) is 1. The number of likely N-dealkylation sites (tertiary alicyclic amines) is 1. The van der Waals surface area contributed by atoms with Gasteiger partial charge in [0, 0.05) is 18.0 Å². The number of benzene rings is 1. The number of carbonyl (C=O) groups excluding carboxylic acids is 2. The summed E-state index contributed by atoms with van der Waals surface area (Å²) in [7, 11) is 0. The Morgan fingerprint density at radius 3 is 2.42 bits per heavy atom. The van der Waals surface area contributed by atoms with E-state index in [4.69, 9.17) is 10.5 Å². The van der Waals surface area contributed by atoms with E-state index in [1.807, 2.05) is 52.0 Å². The molecule has 0 spiro atoms. The summed E-state index contributed by atoms with van der Waals surface area (Å²) in [5.74, 6) is -0.124. The van der Waals surface area contributed by atoms with Crippen molar-refractivity contribution in [2.75, 3.05) is 18.4 Å². The molecule has 4 rings (SSSR count). The molecule has 0 aliphatic carbocycles. The highest BCUT2D eigenvalue weighted by molar-refractivity contribution is 7.19. The molecule has 0 saturated carbocycles. The molecular formula is C30H38N4O5S. The van der Waals surface area contributed by atoms with Crippen molar-refractivity contribution in [1.29, 1.82) is 0 Å². The van der Waals surface area contributed by atoms with Crippen LogP contribution in [-0.4, -0.2) is 50.8 Å². The highest BCUT2D eigenvalue weighted by Crippen LogP contribution is 2.38. The summed E-state index contributed by atoms with van der Waals surface area (Å²) in [6.07, 6.45) is 0.252. The number of aromatic nitrogens is 1. The van der Waals surface area contributed by atoms with Crippen molar-refractivity contribution in [1.82, 2.24) is 9.88 Å². The van der Waals surface area contributed by atoms with Gasteiger partial charge in [-0.05, 0) is 75.3 Å². The highest BCUT2D eigenvalue weighted by Gasteiger charge is 2.31. The molecule has 0 radical (unpaired) electrons. The number of ether oxygens (including phenoxy) is 1. The van der Waals surface area contributed by atoms with E-state index in [1.165, 1.54) is 11.3 Å². The molecule has 3 heterocycles. The predicted octanol–water partition coefficient (Wildman–Crippen LogP) is 5.78. The lowest BCUT2D eigenvalue weighted by Crippen LogP contribution is -2.42. The number of anilines is 2. The van der Waals surface area contributed by atoms with Crippen LogP contribution in [0.3, 0.4) is 0 Å². The van der Waals surface area contributed by atoms with Crippen LogP contribution in [0, 0.1) is 5.92 Å². The molecule has 1 aliphatic rings. The number of pyridine rings is 1. The maximum absolute atomic E-state index is 12.4. The molecule has 1 aliphatic heterocycles. The summed E-state index contributed by atoms with van der Waals surface area (Å²) >= 11 is 1.38. The first-order valence-electron chi connectivity index (χ1n) is 13.6. The Labute approximate surface area is 239 Å². The molecular weight excluding hydrogens is 528 g/mol. The van der Waals surface area contributed by atoms with E-state index in [2.05, 4.69) is 10.3 Å².